The molecule has 0 saturated heterocycles. The Balaban J connectivity index is 2.50. The summed E-state index contributed by atoms with van der Waals surface area (Å²) in [7, 11) is 0. The van der Waals surface area contributed by atoms with Crippen LogP contribution in [0, 0.1) is 0 Å². The Morgan fingerprint density at radius 2 is 2.20 bits per heavy atom. The van der Waals surface area contributed by atoms with Crippen molar-refractivity contribution in [2.24, 2.45) is 0 Å². The van der Waals surface area contributed by atoms with Crippen molar-refractivity contribution >= 4 is 17.3 Å². The molecule has 0 radical (unpaired) electrons. The number of aromatic hydroxyl groups is 1. The van der Waals surface area contributed by atoms with E-state index < -0.39 is 0 Å². The summed E-state index contributed by atoms with van der Waals surface area (Å²) in [5.41, 5.74) is 1.64. The molecular formula is C11H14N2O2. The Morgan fingerprint density at radius 1 is 1.47 bits per heavy atom. The van der Waals surface area contributed by atoms with E-state index in [9.17, 15) is 9.90 Å². The molecule has 0 aliphatic carbocycles. The van der Waals surface area contributed by atoms with Crippen LogP contribution in [0.1, 0.15) is 13.8 Å². The van der Waals surface area contributed by atoms with Crippen LogP contribution in [0.3, 0.4) is 0 Å². The number of carbonyl (C=O) groups is 1. The van der Waals surface area contributed by atoms with Crippen LogP contribution in [-0.2, 0) is 4.79 Å². The third-order valence-electron chi connectivity index (χ3n) is 2.46. The summed E-state index contributed by atoms with van der Waals surface area (Å²) in [5.74, 6) is 0.207. The average Bonchev–Trinajstić information content (AvgIpc) is 2.16. The lowest BCUT2D eigenvalue weighted by Gasteiger charge is -2.33. The first-order valence-electron chi connectivity index (χ1n) is 4.98. The lowest BCUT2D eigenvalue weighted by molar-refractivity contribution is -0.117. The van der Waals surface area contributed by atoms with Crippen LogP contribution >= 0.6 is 0 Å². The van der Waals surface area contributed by atoms with Crippen LogP contribution in [0.5, 0.6) is 5.75 Å². The van der Waals surface area contributed by atoms with Crippen molar-refractivity contribution in [3.63, 3.8) is 0 Å². The number of amides is 1. The number of benzene rings is 1. The van der Waals surface area contributed by atoms with Gasteiger partial charge in [-0.05, 0) is 26.0 Å². The molecule has 1 heterocycles. The molecule has 1 aliphatic rings. The highest BCUT2D eigenvalue weighted by atomic mass is 16.3. The highest BCUT2D eigenvalue weighted by Gasteiger charge is 2.26. The summed E-state index contributed by atoms with van der Waals surface area (Å²) < 4.78 is 0. The zero-order chi connectivity index (χ0) is 11.0. The van der Waals surface area contributed by atoms with Crippen LogP contribution in [0.15, 0.2) is 18.2 Å². The minimum atomic E-state index is 0.0306. The standard InChI is InChI=1S/C11H14N2O2/c1-7(2)13-10-5-8(14)3-4-9(10)12-6-11(13)15/h3-5,7,12,14H,6H2,1-2H3. The minimum absolute atomic E-state index is 0.0306. The number of fused-ring (bicyclic) bond motifs is 1. The second-order valence-electron chi connectivity index (χ2n) is 3.91. The largest absolute Gasteiger partial charge is 0.508 e. The molecular weight excluding hydrogens is 192 g/mol. The number of phenols is 1. The summed E-state index contributed by atoms with van der Waals surface area (Å²) in [6, 6.07) is 5.10. The SMILES string of the molecule is CC(C)N1C(=O)CNc2ccc(O)cc21. The first-order chi connectivity index (χ1) is 7.09. The molecule has 1 aliphatic heterocycles. The Hall–Kier alpha value is -1.71. The molecule has 80 valence electrons. The van der Waals surface area contributed by atoms with Crippen molar-refractivity contribution in [3.05, 3.63) is 18.2 Å². The molecule has 0 fully saturated rings. The number of nitrogens with one attached hydrogen (secondary N) is 1. The number of carbonyl (C=O) groups excluding carboxylic acids is 1. The fourth-order valence-electron chi connectivity index (χ4n) is 1.83. The first-order valence-corrected chi connectivity index (χ1v) is 4.98. The van der Waals surface area contributed by atoms with Gasteiger partial charge in [0.2, 0.25) is 5.91 Å². The van der Waals surface area contributed by atoms with Crippen LogP contribution in [0.25, 0.3) is 0 Å². The summed E-state index contributed by atoms with van der Waals surface area (Å²) in [5, 5.41) is 12.4. The molecule has 1 aromatic rings. The van der Waals surface area contributed by atoms with Gasteiger partial charge in [-0.1, -0.05) is 0 Å². The average molecular weight is 206 g/mol. The summed E-state index contributed by atoms with van der Waals surface area (Å²) in [6.45, 7) is 4.23. The third kappa shape index (κ3) is 1.63. The molecule has 0 spiro atoms. The molecule has 2 rings (SSSR count). The molecule has 0 unspecified atom stereocenters. The summed E-state index contributed by atoms with van der Waals surface area (Å²) in [4.78, 5) is 13.4. The van der Waals surface area contributed by atoms with Crippen LogP contribution < -0.4 is 10.2 Å². The van der Waals surface area contributed by atoms with Gasteiger partial charge in [-0.3, -0.25) is 4.79 Å². The van der Waals surface area contributed by atoms with E-state index in [1.165, 1.54) is 0 Å². The first kappa shape index (κ1) is 9.83. The van der Waals surface area contributed by atoms with Gasteiger partial charge in [-0.15, -0.1) is 0 Å². The van der Waals surface area contributed by atoms with Crippen LogP contribution in [0.2, 0.25) is 0 Å². The monoisotopic (exact) mass is 206 g/mol. The molecule has 1 aromatic carbocycles. The maximum Gasteiger partial charge on any atom is 0.246 e. The zero-order valence-corrected chi connectivity index (χ0v) is 8.82. The van der Waals surface area contributed by atoms with Crippen molar-refractivity contribution in [2.45, 2.75) is 19.9 Å². The molecule has 0 saturated carbocycles. The maximum atomic E-state index is 11.7. The molecule has 1 amide bonds. The van der Waals surface area contributed by atoms with E-state index in [1.807, 2.05) is 13.8 Å². The number of hydrogen-bond acceptors (Lipinski definition) is 3. The molecule has 4 nitrogen and oxygen atoms in total. The number of nitrogens with zero attached hydrogens (tertiary/aromatic N) is 1. The van der Waals surface area contributed by atoms with Crippen LogP contribution in [-0.4, -0.2) is 23.6 Å². The lowest BCUT2D eigenvalue weighted by Crippen LogP contribution is -2.44. The predicted octanol–water partition coefficient (Wildman–Crippen LogP) is 1.56. The molecule has 0 bridgehead atoms. The molecule has 15 heavy (non-hydrogen) atoms. The number of hydrogen-bond donors (Lipinski definition) is 2. The fraction of sp³-hybridized carbons (Fsp3) is 0.364. The molecule has 0 aromatic heterocycles. The molecule has 4 heteroatoms. The number of anilines is 2. The second kappa shape index (κ2) is 3.46. The minimum Gasteiger partial charge on any atom is -0.508 e. The van der Waals surface area contributed by atoms with Gasteiger partial charge in [-0.25, -0.2) is 0 Å². The van der Waals surface area contributed by atoms with E-state index >= 15 is 0 Å². The van der Waals surface area contributed by atoms with Crippen molar-refractivity contribution in [2.75, 3.05) is 16.8 Å². The zero-order valence-electron chi connectivity index (χ0n) is 8.82. The normalized spacial score (nSPS) is 15.1. The van der Waals surface area contributed by atoms with E-state index in [1.54, 1.807) is 23.1 Å². The maximum absolute atomic E-state index is 11.7. The van der Waals surface area contributed by atoms with E-state index in [-0.39, 0.29) is 17.7 Å². The quantitative estimate of drug-likeness (QED) is 0.685. The van der Waals surface area contributed by atoms with Crippen LogP contribution in [0.4, 0.5) is 11.4 Å². The van der Waals surface area contributed by atoms with E-state index in [0.29, 0.717) is 6.54 Å². The van der Waals surface area contributed by atoms with Gasteiger partial charge in [0.15, 0.2) is 0 Å². The van der Waals surface area contributed by atoms with Crippen molar-refractivity contribution < 1.29 is 9.90 Å². The predicted molar refractivity (Wildman–Crippen MR) is 59.2 cm³/mol. The smallest absolute Gasteiger partial charge is 0.246 e. The number of phenolic OH excluding ortho intramolecular Hbond substituents is 1. The highest BCUT2D eigenvalue weighted by molar-refractivity contribution is 6.03. The Kier molecular flexibility index (Phi) is 2.26. The summed E-state index contributed by atoms with van der Waals surface area (Å²) >= 11 is 0. The highest BCUT2D eigenvalue weighted by Crippen LogP contribution is 2.33. The van der Waals surface area contributed by atoms with Gasteiger partial charge >= 0.3 is 0 Å². The summed E-state index contributed by atoms with van der Waals surface area (Å²) in [6.07, 6.45) is 0. The Bertz CT molecular complexity index is 402. The molecule has 2 N–H and O–H groups in total. The topological polar surface area (TPSA) is 52.6 Å². The third-order valence-corrected chi connectivity index (χ3v) is 2.46. The lowest BCUT2D eigenvalue weighted by atomic mass is 10.1. The van der Waals surface area contributed by atoms with Gasteiger partial charge in [0.1, 0.15) is 5.75 Å². The van der Waals surface area contributed by atoms with Gasteiger partial charge in [0.25, 0.3) is 0 Å². The van der Waals surface area contributed by atoms with Gasteiger partial charge in [0.05, 0.1) is 17.9 Å². The van der Waals surface area contributed by atoms with Gasteiger partial charge in [-0.2, -0.15) is 0 Å². The second-order valence-corrected chi connectivity index (χ2v) is 3.91. The van der Waals surface area contributed by atoms with Gasteiger partial charge in [0, 0.05) is 12.1 Å². The van der Waals surface area contributed by atoms with Crippen molar-refractivity contribution in [1.29, 1.82) is 0 Å². The molecule has 0 atom stereocenters. The van der Waals surface area contributed by atoms with E-state index in [2.05, 4.69) is 5.32 Å². The van der Waals surface area contributed by atoms with E-state index in [4.69, 9.17) is 0 Å². The Morgan fingerprint density at radius 3 is 2.87 bits per heavy atom. The van der Waals surface area contributed by atoms with E-state index in [0.717, 1.165) is 11.4 Å². The van der Waals surface area contributed by atoms with Crippen molar-refractivity contribution in [1.82, 2.24) is 0 Å². The number of rotatable bonds is 1. The Labute approximate surface area is 88.5 Å². The van der Waals surface area contributed by atoms with Gasteiger partial charge < -0.3 is 15.3 Å². The van der Waals surface area contributed by atoms with Crippen molar-refractivity contribution in [3.8, 4) is 5.75 Å². The fourth-order valence-corrected chi connectivity index (χ4v) is 1.83.